The van der Waals surface area contributed by atoms with Gasteiger partial charge < -0.3 is 5.32 Å². The summed E-state index contributed by atoms with van der Waals surface area (Å²) in [5.74, 6) is -0.0955. The van der Waals surface area contributed by atoms with Crippen molar-refractivity contribution in [1.82, 2.24) is 20.2 Å². The number of carbonyl (C=O) groups is 1. The van der Waals surface area contributed by atoms with Crippen molar-refractivity contribution < 1.29 is 4.79 Å². The second-order valence-corrected chi connectivity index (χ2v) is 8.25. The molecule has 0 spiro atoms. The van der Waals surface area contributed by atoms with Gasteiger partial charge in [-0.1, -0.05) is 60.3 Å². The van der Waals surface area contributed by atoms with Crippen LogP contribution in [0.4, 0.5) is 5.69 Å². The number of carbonyl (C=O) groups excluding carboxylic acids is 1. The number of benzene rings is 3. The summed E-state index contributed by atoms with van der Waals surface area (Å²) in [6, 6.07) is 20.0. The van der Waals surface area contributed by atoms with E-state index in [1.807, 2.05) is 75.4 Å². The fraction of sp³-hybridized carbons (Fsp3) is 0.182. The summed E-state index contributed by atoms with van der Waals surface area (Å²) in [4.78, 5) is 12.8. The molecule has 0 aliphatic rings. The van der Waals surface area contributed by atoms with Gasteiger partial charge in [0.2, 0.25) is 11.1 Å². The minimum Gasteiger partial charge on any atom is -0.325 e. The molecular weight excluding hydrogens is 382 g/mol. The SMILES string of the molecule is Cc1ccc(C)c(-n2nnnc2SC(C)C(=O)Nc2cccc3ccccc23)c1. The van der Waals surface area contributed by atoms with Crippen molar-refractivity contribution in [1.29, 1.82) is 0 Å². The number of rotatable bonds is 5. The predicted octanol–water partition coefficient (Wildman–Crippen LogP) is 4.55. The Bertz CT molecular complexity index is 1180. The first-order chi connectivity index (χ1) is 14.0. The highest BCUT2D eigenvalue weighted by Gasteiger charge is 2.20. The molecule has 7 heteroatoms. The second-order valence-electron chi connectivity index (χ2n) is 6.94. The molecule has 4 aromatic rings. The van der Waals surface area contributed by atoms with Crippen molar-refractivity contribution in [3.05, 3.63) is 71.8 Å². The van der Waals surface area contributed by atoms with Gasteiger partial charge in [0.15, 0.2) is 0 Å². The molecule has 1 heterocycles. The van der Waals surface area contributed by atoms with Gasteiger partial charge in [-0.15, -0.1) is 5.10 Å². The van der Waals surface area contributed by atoms with E-state index in [4.69, 9.17) is 0 Å². The van der Waals surface area contributed by atoms with Crippen molar-refractivity contribution in [2.75, 3.05) is 5.32 Å². The van der Waals surface area contributed by atoms with E-state index in [0.717, 1.165) is 33.3 Å². The molecule has 6 nitrogen and oxygen atoms in total. The third-order valence-corrected chi connectivity index (χ3v) is 5.77. The van der Waals surface area contributed by atoms with Crippen LogP contribution < -0.4 is 5.32 Å². The average molecular weight is 404 g/mol. The monoisotopic (exact) mass is 403 g/mol. The number of amides is 1. The Morgan fingerprint density at radius 1 is 1.07 bits per heavy atom. The Hall–Kier alpha value is -3.19. The largest absolute Gasteiger partial charge is 0.325 e. The molecule has 0 saturated heterocycles. The maximum Gasteiger partial charge on any atom is 0.237 e. The first-order valence-electron chi connectivity index (χ1n) is 9.34. The van der Waals surface area contributed by atoms with Crippen LogP contribution in [0.15, 0.2) is 65.8 Å². The molecule has 1 unspecified atom stereocenters. The Labute approximate surface area is 173 Å². The highest BCUT2D eigenvalue weighted by molar-refractivity contribution is 8.00. The Balaban J connectivity index is 1.54. The lowest BCUT2D eigenvalue weighted by atomic mass is 10.1. The quantitative estimate of drug-likeness (QED) is 0.495. The van der Waals surface area contributed by atoms with E-state index in [0.29, 0.717) is 5.16 Å². The van der Waals surface area contributed by atoms with Gasteiger partial charge in [-0.05, 0) is 59.8 Å². The summed E-state index contributed by atoms with van der Waals surface area (Å²) in [5, 5.41) is 17.4. The highest BCUT2D eigenvalue weighted by atomic mass is 32.2. The van der Waals surface area contributed by atoms with Gasteiger partial charge in [0, 0.05) is 11.1 Å². The molecule has 0 aliphatic heterocycles. The standard InChI is InChI=1S/C22H21N5OS/c1-14-11-12-15(2)20(13-14)27-22(24-25-26-27)29-16(3)21(28)23-19-10-6-8-17-7-4-5-9-18(17)19/h4-13,16H,1-3H3,(H,23,28). The van der Waals surface area contributed by atoms with Crippen LogP contribution in [0.3, 0.4) is 0 Å². The molecule has 146 valence electrons. The molecule has 1 amide bonds. The van der Waals surface area contributed by atoms with E-state index in [1.54, 1.807) is 4.68 Å². The van der Waals surface area contributed by atoms with Gasteiger partial charge in [-0.25, -0.2) is 0 Å². The summed E-state index contributed by atoms with van der Waals surface area (Å²) in [6.07, 6.45) is 0. The van der Waals surface area contributed by atoms with Gasteiger partial charge >= 0.3 is 0 Å². The lowest BCUT2D eigenvalue weighted by Crippen LogP contribution is -2.23. The first-order valence-corrected chi connectivity index (χ1v) is 10.2. The van der Waals surface area contributed by atoms with Crippen LogP contribution in [-0.2, 0) is 4.79 Å². The van der Waals surface area contributed by atoms with E-state index >= 15 is 0 Å². The van der Waals surface area contributed by atoms with Crippen LogP contribution in [0.5, 0.6) is 0 Å². The molecule has 3 aromatic carbocycles. The van der Waals surface area contributed by atoms with Crippen molar-refractivity contribution in [3.63, 3.8) is 0 Å². The third kappa shape index (κ3) is 4.00. The number of aryl methyl sites for hydroxylation is 2. The number of fused-ring (bicyclic) bond motifs is 1. The van der Waals surface area contributed by atoms with E-state index in [2.05, 4.69) is 26.9 Å². The third-order valence-electron chi connectivity index (χ3n) is 4.73. The maximum atomic E-state index is 12.8. The Morgan fingerprint density at radius 3 is 2.72 bits per heavy atom. The van der Waals surface area contributed by atoms with Crippen LogP contribution in [0, 0.1) is 13.8 Å². The van der Waals surface area contributed by atoms with Gasteiger partial charge in [0.05, 0.1) is 10.9 Å². The molecule has 1 atom stereocenters. The van der Waals surface area contributed by atoms with Crippen LogP contribution in [-0.4, -0.2) is 31.4 Å². The summed E-state index contributed by atoms with van der Waals surface area (Å²) >= 11 is 1.33. The number of tetrazole rings is 1. The maximum absolute atomic E-state index is 12.8. The number of thioether (sulfide) groups is 1. The summed E-state index contributed by atoms with van der Waals surface area (Å²) in [5.41, 5.74) is 3.91. The molecule has 4 rings (SSSR count). The number of aromatic nitrogens is 4. The smallest absolute Gasteiger partial charge is 0.237 e. The summed E-state index contributed by atoms with van der Waals surface area (Å²) in [7, 11) is 0. The molecule has 0 radical (unpaired) electrons. The number of hydrogen-bond donors (Lipinski definition) is 1. The molecular formula is C22H21N5OS. The molecule has 0 fully saturated rings. The number of hydrogen-bond acceptors (Lipinski definition) is 5. The molecule has 29 heavy (non-hydrogen) atoms. The molecule has 0 aliphatic carbocycles. The van der Waals surface area contributed by atoms with Crippen LogP contribution in [0.1, 0.15) is 18.1 Å². The minimum absolute atomic E-state index is 0.0955. The van der Waals surface area contributed by atoms with E-state index in [-0.39, 0.29) is 11.2 Å². The number of anilines is 1. The molecule has 1 N–H and O–H groups in total. The lowest BCUT2D eigenvalue weighted by Gasteiger charge is -2.14. The zero-order chi connectivity index (χ0) is 20.4. The minimum atomic E-state index is -0.371. The predicted molar refractivity (Wildman–Crippen MR) is 117 cm³/mol. The van der Waals surface area contributed by atoms with Gasteiger partial charge in [0.25, 0.3) is 0 Å². The zero-order valence-electron chi connectivity index (χ0n) is 16.5. The van der Waals surface area contributed by atoms with Crippen LogP contribution in [0.25, 0.3) is 16.5 Å². The van der Waals surface area contributed by atoms with Crippen LogP contribution >= 0.6 is 11.8 Å². The average Bonchev–Trinajstić information content (AvgIpc) is 3.18. The van der Waals surface area contributed by atoms with Crippen molar-refractivity contribution in [3.8, 4) is 5.69 Å². The first kappa shape index (κ1) is 19.1. The lowest BCUT2D eigenvalue weighted by molar-refractivity contribution is -0.115. The van der Waals surface area contributed by atoms with E-state index < -0.39 is 0 Å². The van der Waals surface area contributed by atoms with Crippen molar-refractivity contribution >= 4 is 34.1 Å². The zero-order valence-corrected chi connectivity index (χ0v) is 17.3. The normalized spacial score (nSPS) is 12.1. The number of nitrogens with one attached hydrogen (secondary N) is 1. The fourth-order valence-corrected chi connectivity index (χ4v) is 3.93. The molecule has 0 bridgehead atoms. The summed E-state index contributed by atoms with van der Waals surface area (Å²) in [6.45, 7) is 5.90. The molecule has 0 saturated carbocycles. The second kappa shape index (κ2) is 8.05. The van der Waals surface area contributed by atoms with E-state index in [1.165, 1.54) is 11.8 Å². The number of nitrogens with zero attached hydrogens (tertiary/aromatic N) is 4. The van der Waals surface area contributed by atoms with Gasteiger partial charge in [-0.2, -0.15) is 4.68 Å². The van der Waals surface area contributed by atoms with Crippen molar-refractivity contribution in [2.24, 2.45) is 0 Å². The Morgan fingerprint density at radius 2 is 1.86 bits per heavy atom. The van der Waals surface area contributed by atoms with Gasteiger partial charge in [0.1, 0.15) is 0 Å². The fourth-order valence-electron chi connectivity index (χ4n) is 3.13. The highest BCUT2D eigenvalue weighted by Crippen LogP contribution is 2.27. The van der Waals surface area contributed by atoms with Gasteiger partial charge in [-0.3, -0.25) is 4.79 Å². The van der Waals surface area contributed by atoms with Crippen LogP contribution in [0.2, 0.25) is 0 Å². The Kier molecular flexibility index (Phi) is 5.31. The summed E-state index contributed by atoms with van der Waals surface area (Å²) < 4.78 is 1.69. The van der Waals surface area contributed by atoms with Crippen molar-refractivity contribution in [2.45, 2.75) is 31.2 Å². The van der Waals surface area contributed by atoms with E-state index in [9.17, 15) is 4.79 Å². The molecule has 1 aromatic heterocycles. The topological polar surface area (TPSA) is 72.7 Å².